The van der Waals surface area contributed by atoms with Gasteiger partial charge in [-0.1, -0.05) is 43.7 Å². The highest BCUT2D eigenvalue weighted by atomic mass is 16.2. The van der Waals surface area contributed by atoms with Crippen molar-refractivity contribution in [3.05, 3.63) is 78.1 Å². The Labute approximate surface area is 197 Å². The topological polar surface area (TPSA) is 45.2 Å². The second kappa shape index (κ2) is 9.78. The van der Waals surface area contributed by atoms with E-state index in [2.05, 4.69) is 59.7 Å². The number of aryl methyl sites for hydroxylation is 1. The van der Waals surface area contributed by atoms with Gasteiger partial charge in [0.05, 0.1) is 0 Å². The van der Waals surface area contributed by atoms with Crippen LogP contribution in [0.15, 0.2) is 67.0 Å². The molecule has 2 aromatic carbocycles. The molecule has 3 aromatic rings. The molecule has 2 amide bonds. The normalized spacial score (nSPS) is 20.2. The molecule has 33 heavy (non-hydrogen) atoms. The zero-order valence-corrected chi connectivity index (χ0v) is 19.5. The van der Waals surface area contributed by atoms with Crippen LogP contribution >= 0.6 is 0 Å². The lowest BCUT2D eigenvalue weighted by Crippen LogP contribution is -2.38. The van der Waals surface area contributed by atoms with Crippen molar-refractivity contribution in [3.8, 4) is 11.1 Å². The van der Waals surface area contributed by atoms with Crippen molar-refractivity contribution in [2.75, 3.05) is 16.8 Å². The van der Waals surface area contributed by atoms with E-state index in [0.29, 0.717) is 0 Å². The van der Waals surface area contributed by atoms with Gasteiger partial charge in [0.1, 0.15) is 0 Å². The predicted octanol–water partition coefficient (Wildman–Crippen LogP) is 7.42. The molecule has 1 saturated carbocycles. The molecule has 0 atom stereocenters. The van der Waals surface area contributed by atoms with E-state index in [1.54, 1.807) is 12.4 Å². The van der Waals surface area contributed by atoms with E-state index in [9.17, 15) is 4.79 Å². The van der Waals surface area contributed by atoms with Gasteiger partial charge < -0.3 is 5.32 Å². The summed E-state index contributed by atoms with van der Waals surface area (Å²) in [5.41, 5.74) is 6.99. The lowest BCUT2D eigenvalue weighted by atomic mass is 9.77. The van der Waals surface area contributed by atoms with Gasteiger partial charge in [-0.05, 0) is 96.9 Å². The summed E-state index contributed by atoms with van der Waals surface area (Å²) in [6.07, 6.45) is 12.1. The molecule has 1 aliphatic carbocycles. The molecule has 0 unspecified atom stereocenters. The van der Waals surface area contributed by atoms with Gasteiger partial charge in [0.2, 0.25) is 0 Å². The Hall–Kier alpha value is -3.14. The van der Waals surface area contributed by atoms with Crippen LogP contribution in [0, 0.1) is 5.92 Å². The van der Waals surface area contributed by atoms with Gasteiger partial charge in [-0.25, -0.2) is 4.79 Å². The van der Waals surface area contributed by atoms with Crippen LogP contribution in [0.5, 0.6) is 0 Å². The monoisotopic (exact) mass is 439 g/mol. The number of aromatic nitrogens is 1. The summed E-state index contributed by atoms with van der Waals surface area (Å²) in [5, 5.41) is 2.99. The summed E-state index contributed by atoms with van der Waals surface area (Å²) < 4.78 is 0. The number of rotatable bonds is 4. The van der Waals surface area contributed by atoms with Crippen LogP contribution in [0.3, 0.4) is 0 Å². The molecule has 0 saturated heterocycles. The minimum Gasteiger partial charge on any atom is -0.307 e. The summed E-state index contributed by atoms with van der Waals surface area (Å²) in [5.74, 6) is 1.65. The third-order valence-corrected chi connectivity index (χ3v) is 7.51. The van der Waals surface area contributed by atoms with Gasteiger partial charge in [0.25, 0.3) is 0 Å². The highest BCUT2D eigenvalue weighted by molar-refractivity contribution is 6.02. The number of carbonyl (C=O) groups excluding carboxylic acids is 1. The molecule has 4 heteroatoms. The number of urea groups is 1. The molecule has 170 valence electrons. The van der Waals surface area contributed by atoms with Crippen molar-refractivity contribution in [2.45, 2.75) is 57.8 Å². The number of hydrogen-bond donors (Lipinski definition) is 1. The Kier molecular flexibility index (Phi) is 6.43. The first-order chi connectivity index (χ1) is 16.2. The fourth-order valence-electron chi connectivity index (χ4n) is 5.47. The summed E-state index contributed by atoms with van der Waals surface area (Å²) in [6, 6.07) is 19.3. The van der Waals surface area contributed by atoms with Crippen LogP contribution in [-0.4, -0.2) is 17.6 Å². The van der Waals surface area contributed by atoms with Gasteiger partial charge in [-0.2, -0.15) is 0 Å². The molecule has 1 aromatic heterocycles. The summed E-state index contributed by atoms with van der Waals surface area (Å²) >= 11 is 0. The number of fused-ring (bicyclic) bond motifs is 1. The molecule has 1 aliphatic heterocycles. The number of pyridine rings is 1. The Morgan fingerprint density at radius 2 is 1.70 bits per heavy atom. The Morgan fingerprint density at radius 1 is 0.970 bits per heavy atom. The number of benzene rings is 2. The first-order valence-electron chi connectivity index (χ1n) is 12.4. The van der Waals surface area contributed by atoms with Crippen LogP contribution in [-0.2, 0) is 6.42 Å². The minimum atomic E-state index is -0.0861. The fourth-order valence-corrected chi connectivity index (χ4v) is 5.47. The van der Waals surface area contributed by atoms with E-state index >= 15 is 0 Å². The summed E-state index contributed by atoms with van der Waals surface area (Å²) in [4.78, 5) is 18.8. The molecule has 1 N–H and O–H groups in total. The van der Waals surface area contributed by atoms with E-state index in [0.717, 1.165) is 42.6 Å². The van der Waals surface area contributed by atoms with Crippen LogP contribution in [0.2, 0.25) is 0 Å². The quantitative estimate of drug-likeness (QED) is 0.460. The minimum absolute atomic E-state index is 0.0861. The first kappa shape index (κ1) is 21.7. The Balaban J connectivity index is 1.30. The fraction of sp³-hybridized carbons (Fsp3) is 0.379. The Bertz CT molecular complexity index is 1090. The van der Waals surface area contributed by atoms with E-state index in [4.69, 9.17) is 0 Å². The van der Waals surface area contributed by atoms with Crippen molar-refractivity contribution in [2.24, 2.45) is 5.92 Å². The smallest absolute Gasteiger partial charge is 0.307 e. The molecule has 2 aliphatic rings. The lowest BCUT2D eigenvalue weighted by molar-refractivity contribution is 0.256. The van der Waals surface area contributed by atoms with E-state index in [1.807, 2.05) is 17.0 Å². The van der Waals surface area contributed by atoms with E-state index in [1.165, 1.54) is 54.4 Å². The molecule has 5 rings (SSSR count). The number of carbonyl (C=O) groups is 1. The van der Waals surface area contributed by atoms with Gasteiger partial charge in [-0.15, -0.1) is 0 Å². The summed E-state index contributed by atoms with van der Waals surface area (Å²) in [7, 11) is 0. The SMILES string of the molecule is CCC1CCC(c2ccc(-c3ccc4c(c3)CCCN4C(=O)Nc3ccncc3)cc2)CC1. The maximum atomic E-state index is 12.9. The average Bonchev–Trinajstić information content (AvgIpc) is 2.89. The molecule has 0 spiro atoms. The number of anilines is 2. The molecule has 4 nitrogen and oxygen atoms in total. The van der Waals surface area contributed by atoms with Gasteiger partial charge in [-0.3, -0.25) is 9.88 Å². The highest BCUT2D eigenvalue weighted by Gasteiger charge is 2.24. The number of hydrogen-bond acceptors (Lipinski definition) is 2. The van der Waals surface area contributed by atoms with Crippen LogP contribution in [0.4, 0.5) is 16.2 Å². The Morgan fingerprint density at radius 3 is 2.42 bits per heavy atom. The number of nitrogens with one attached hydrogen (secondary N) is 1. The molecular weight excluding hydrogens is 406 g/mol. The van der Waals surface area contributed by atoms with Crippen LogP contribution in [0.25, 0.3) is 11.1 Å². The zero-order chi connectivity index (χ0) is 22.6. The number of amides is 2. The highest BCUT2D eigenvalue weighted by Crippen LogP contribution is 2.38. The predicted molar refractivity (Wildman–Crippen MR) is 136 cm³/mol. The largest absolute Gasteiger partial charge is 0.326 e. The second-order valence-electron chi connectivity index (χ2n) is 9.51. The van der Waals surface area contributed by atoms with Crippen molar-refractivity contribution < 1.29 is 4.79 Å². The van der Waals surface area contributed by atoms with Crippen molar-refractivity contribution in [3.63, 3.8) is 0 Å². The molecule has 2 heterocycles. The maximum absolute atomic E-state index is 12.9. The maximum Gasteiger partial charge on any atom is 0.326 e. The number of nitrogens with zero attached hydrogens (tertiary/aromatic N) is 2. The molecule has 1 fully saturated rings. The van der Waals surface area contributed by atoms with E-state index in [-0.39, 0.29) is 6.03 Å². The van der Waals surface area contributed by atoms with Crippen molar-refractivity contribution in [1.29, 1.82) is 0 Å². The van der Waals surface area contributed by atoms with Crippen molar-refractivity contribution >= 4 is 17.4 Å². The first-order valence-corrected chi connectivity index (χ1v) is 12.4. The zero-order valence-electron chi connectivity index (χ0n) is 19.5. The van der Waals surface area contributed by atoms with E-state index < -0.39 is 0 Å². The summed E-state index contributed by atoms with van der Waals surface area (Å²) in [6.45, 7) is 3.06. The molecule has 0 bridgehead atoms. The van der Waals surface area contributed by atoms with Crippen LogP contribution in [0.1, 0.15) is 62.5 Å². The van der Waals surface area contributed by atoms with Gasteiger partial charge in [0.15, 0.2) is 0 Å². The van der Waals surface area contributed by atoms with Crippen LogP contribution < -0.4 is 10.2 Å². The third-order valence-electron chi connectivity index (χ3n) is 7.51. The molecule has 0 radical (unpaired) electrons. The van der Waals surface area contributed by atoms with Crippen molar-refractivity contribution in [1.82, 2.24) is 4.98 Å². The lowest BCUT2D eigenvalue weighted by Gasteiger charge is -2.30. The second-order valence-corrected chi connectivity index (χ2v) is 9.51. The standard InChI is InChI=1S/C29H33N3O/c1-2-21-5-7-22(8-6-21)23-9-11-24(12-10-23)25-13-14-28-26(20-25)4-3-19-32(28)29(33)31-27-15-17-30-18-16-27/h9-18,20-22H,2-8,19H2,1H3,(H,30,31,33). The van der Waals surface area contributed by atoms with Gasteiger partial charge in [0, 0.05) is 30.3 Å². The average molecular weight is 440 g/mol. The molecular formula is C29H33N3O. The van der Waals surface area contributed by atoms with Gasteiger partial charge >= 0.3 is 6.03 Å². The third kappa shape index (κ3) is 4.80.